The van der Waals surface area contributed by atoms with E-state index in [1.807, 2.05) is 6.92 Å². The molecule has 23 heavy (non-hydrogen) atoms. The number of hydrogen-bond acceptors (Lipinski definition) is 3. The minimum Gasteiger partial charge on any atom is -0.352 e. The van der Waals surface area contributed by atoms with Crippen LogP contribution in [-0.2, 0) is 10.0 Å². The van der Waals surface area contributed by atoms with Crippen molar-refractivity contribution in [2.24, 2.45) is 0 Å². The molecule has 5 nitrogen and oxygen atoms in total. The fourth-order valence-electron chi connectivity index (χ4n) is 2.73. The van der Waals surface area contributed by atoms with Gasteiger partial charge in [0.1, 0.15) is 0 Å². The normalized spacial score (nSPS) is 16.3. The maximum Gasteiger partial charge on any atom is 0.251 e. The van der Waals surface area contributed by atoms with Gasteiger partial charge in [-0.1, -0.05) is 25.8 Å². The van der Waals surface area contributed by atoms with E-state index in [4.69, 9.17) is 0 Å². The summed E-state index contributed by atoms with van der Waals surface area (Å²) in [6.07, 6.45) is 4.79. The molecule has 1 aromatic rings. The van der Waals surface area contributed by atoms with E-state index in [1.54, 1.807) is 12.1 Å². The average Bonchev–Trinajstić information content (AvgIpc) is 2.56. The average molecular weight is 338 g/mol. The lowest BCUT2D eigenvalue weighted by Gasteiger charge is -2.26. The Balaban J connectivity index is 2.23. The van der Waals surface area contributed by atoms with Crippen molar-refractivity contribution in [2.75, 3.05) is 19.6 Å². The molecule has 1 aromatic carbocycles. The maximum absolute atomic E-state index is 12.7. The smallest absolute Gasteiger partial charge is 0.251 e. The van der Waals surface area contributed by atoms with Crippen LogP contribution in [0.5, 0.6) is 0 Å². The summed E-state index contributed by atoms with van der Waals surface area (Å²) >= 11 is 0. The van der Waals surface area contributed by atoms with E-state index in [1.165, 1.54) is 10.4 Å². The van der Waals surface area contributed by atoms with Gasteiger partial charge >= 0.3 is 0 Å². The topological polar surface area (TPSA) is 66.5 Å². The van der Waals surface area contributed by atoms with Crippen molar-refractivity contribution in [3.63, 3.8) is 0 Å². The van der Waals surface area contributed by atoms with Gasteiger partial charge in [-0.05, 0) is 43.9 Å². The Morgan fingerprint density at radius 1 is 1.22 bits per heavy atom. The van der Waals surface area contributed by atoms with Gasteiger partial charge in [0.15, 0.2) is 0 Å². The molecule has 1 aliphatic heterocycles. The number of sulfonamides is 1. The standard InChI is InChI=1S/C17H26N2O3S/c1-3-4-10-18-17(20)16-13-15(9-8-14(16)2)23(21,22)19-11-6-5-7-12-19/h8-9,13H,3-7,10-12H2,1-2H3,(H,18,20). The molecule has 1 saturated heterocycles. The summed E-state index contributed by atoms with van der Waals surface area (Å²) in [4.78, 5) is 12.5. The first kappa shape index (κ1) is 17.9. The molecule has 0 aliphatic carbocycles. The first-order valence-electron chi connectivity index (χ1n) is 8.36. The van der Waals surface area contributed by atoms with Gasteiger partial charge in [0.05, 0.1) is 4.90 Å². The molecule has 0 radical (unpaired) electrons. The van der Waals surface area contributed by atoms with Gasteiger partial charge < -0.3 is 5.32 Å². The van der Waals surface area contributed by atoms with Crippen molar-refractivity contribution in [3.05, 3.63) is 29.3 Å². The summed E-state index contributed by atoms with van der Waals surface area (Å²) in [5.41, 5.74) is 1.23. The first-order valence-corrected chi connectivity index (χ1v) is 9.80. The highest BCUT2D eigenvalue weighted by molar-refractivity contribution is 7.89. The van der Waals surface area contributed by atoms with Crippen LogP contribution in [0.3, 0.4) is 0 Å². The zero-order chi connectivity index (χ0) is 16.9. The van der Waals surface area contributed by atoms with Gasteiger partial charge in [-0.2, -0.15) is 4.31 Å². The lowest BCUT2D eigenvalue weighted by atomic mass is 10.1. The summed E-state index contributed by atoms with van der Waals surface area (Å²) in [6, 6.07) is 4.83. The third kappa shape index (κ3) is 4.32. The third-order valence-corrected chi connectivity index (χ3v) is 6.12. The number of aryl methyl sites for hydroxylation is 1. The van der Waals surface area contributed by atoms with E-state index in [2.05, 4.69) is 12.2 Å². The van der Waals surface area contributed by atoms with Crippen LogP contribution in [0.1, 0.15) is 54.9 Å². The summed E-state index contributed by atoms with van der Waals surface area (Å²) in [7, 11) is -3.51. The van der Waals surface area contributed by atoms with E-state index in [-0.39, 0.29) is 10.8 Å². The van der Waals surface area contributed by atoms with Crippen LogP contribution >= 0.6 is 0 Å². The number of nitrogens with zero attached hydrogens (tertiary/aromatic N) is 1. The molecule has 1 amide bonds. The molecule has 0 aromatic heterocycles. The molecule has 0 bridgehead atoms. The SMILES string of the molecule is CCCCNC(=O)c1cc(S(=O)(=O)N2CCCCC2)ccc1C. The van der Waals surface area contributed by atoms with Crippen LogP contribution in [0, 0.1) is 6.92 Å². The highest BCUT2D eigenvalue weighted by Crippen LogP contribution is 2.22. The Hall–Kier alpha value is -1.40. The van der Waals surface area contributed by atoms with Crippen molar-refractivity contribution in [1.82, 2.24) is 9.62 Å². The minimum atomic E-state index is -3.51. The van der Waals surface area contributed by atoms with Gasteiger partial charge in [-0.15, -0.1) is 0 Å². The maximum atomic E-state index is 12.7. The lowest BCUT2D eigenvalue weighted by Crippen LogP contribution is -2.35. The number of nitrogens with one attached hydrogen (secondary N) is 1. The highest BCUT2D eigenvalue weighted by atomic mass is 32.2. The van der Waals surface area contributed by atoms with E-state index in [0.29, 0.717) is 25.2 Å². The molecule has 2 rings (SSSR count). The van der Waals surface area contributed by atoms with Crippen LogP contribution in [0.4, 0.5) is 0 Å². The molecule has 6 heteroatoms. The van der Waals surface area contributed by atoms with Gasteiger partial charge in [0, 0.05) is 25.2 Å². The summed E-state index contributed by atoms with van der Waals surface area (Å²) in [6.45, 7) is 5.62. The number of hydrogen-bond donors (Lipinski definition) is 1. The summed E-state index contributed by atoms with van der Waals surface area (Å²) in [5.74, 6) is -0.202. The second-order valence-electron chi connectivity index (χ2n) is 6.05. The van der Waals surface area contributed by atoms with E-state index in [0.717, 1.165) is 37.7 Å². The van der Waals surface area contributed by atoms with Crippen LogP contribution in [0.15, 0.2) is 23.1 Å². The van der Waals surface area contributed by atoms with Crippen LogP contribution in [0.2, 0.25) is 0 Å². The van der Waals surface area contributed by atoms with Gasteiger partial charge in [-0.3, -0.25) is 4.79 Å². The molecule has 1 fully saturated rings. The fourth-order valence-corrected chi connectivity index (χ4v) is 4.28. The van der Waals surface area contributed by atoms with Crippen molar-refractivity contribution < 1.29 is 13.2 Å². The molecular formula is C17H26N2O3S. The number of benzene rings is 1. The summed E-state index contributed by atoms with van der Waals surface area (Å²) in [5, 5.41) is 2.85. The molecule has 1 N–H and O–H groups in total. The van der Waals surface area contributed by atoms with E-state index < -0.39 is 10.0 Å². The van der Waals surface area contributed by atoms with Crippen LogP contribution in [-0.4, -0.2) is 38.3 Å². The van der Waals surface area contributed by atoms with Crippen molar-refractivity contribution in [2.45, 2.75) is 50.8 Å². The second kappa shape index (κ2) is 7.93. The molecule has 1 aliphatic rings. The Morgan fingerprint density at radius 3 is 2.57 bits per heavy atom. The fraction of sp³-hybridized carbons (Fsp3) is 0.588. The predicted molar refractivity (Wildman–Crippen MR) is 91.0 cm³/mol. The van der Waals surface area contributed by atoms with E-state index >= 15 is 0 Å². The lowest BCUT2D eigenvalue weighted by molar-refractivity contribution is 0.0952. The molecule has 128 valence electrons. The van der Waals surface area contributed by atoms with Gasteiger partial charge in [0.25, 0.3) is 5.91 Å². The number of rotatable bonds is 6. The predicted octanol–water partition coefficient (Wildman–Crippen LogP) is 2.70. The van der Waals surface area contributed by atoms with Crippen LogP contribution in [0.25, 0.3) is 0 Å². The highest BCUT2D eigenvalue weighted by Gasteiger charge is 2.26. The Kier molecular flexibility index (Phi) is 6.18. The number of amides is 1. The van der Waals surface area contributed by atoms with Crippen molar-refractivity contribution >= 4 is 15.9 Å². The quantitative estimate of drug-likeness (QED) is 0.811. The molecular weight excluding hydrogens is 312 g/mol. The molecule has 0 unspecified atom stereocenters. The Labute approximate surface area is 139 Å². The van der Waals surface area contributed by atoms with Gasteiger partial charge in [-0.25, -0.2) is 8.42 Å². The molecule has 1 heterocycles. The number of unbranched alkanes of at least 4 members (excludes halogenated alkanes) is 1. The monoisotopic (exact) mass is 338 g/mol. The molecule has 0 saturated carbocycles. The number of carbonyl (C=O) groups excluding carboxylic acids is 1. The summed E-state index contributed by atoms with van der Waals surface area (Å²) < 4.78 is 27.0. The Bertz CT molecular complexity index is 650. The minimum absolute atomic E-state index is 0.202. The largest absolute Gasteiger partial charge is 0.352 e. The molecule has 0 spiro atoms. The Morgan fingerprint density at radius 2 is 1.91 bits per heavy atom. The van der Waals surface area contributed by atoms with E-state index in [9.17, 15) is 13.2 Å². The zero-order valence-corrected chi connectivity index (χ0v) is 14.8. The molecule has 0 atom stereocenters. The number of piperidine rings is 1. The van der Waals surface area contributed by atoms with Crippen molar-refractivity contribution in [1.29, 1.82) is 0 Å². The number of carbonyl (C=O) groups is 1. The third-order valence-electron chi connectivity index (χ3n) is 4.22. The zero-order valence-electron chi connectivity index (χ0n) is 14.0. The van der Waals surface area contributed by atoms with Crippen molar-refractivity contribution in [3.8, 4) is 0 Å². The van der Waals surface area contributed by atoms with Gasteiger partial charge in [0.2, 0.25) is 10.0 Å². The van der Waals surface area contributed by atoms with Crippen LogP contribution < -0.4 is 5.32 Å². The second-order valence-corrected chi connectivity index (χ2v) is 7.99. The first-order chi connectivity index (χ1) is 11.0.